The Labute approximate surface area is 149 Å². The van der Waals surface area contributed by atoms with Gasteiger partial charge in [0.1, 0.15) is 24.3 Å². The first-order chi connectivity index (χ1) is 11.8. The second kappa shape index (κ2) is 8.63. The van der Waals surface area contributed by atoms with E-state index in [2.05, 4.69) is 18.7 Å². The number of esters is 1. The number of morpholine rings is 1. The van der Waals surface area contributed by atoms with Crippen molar-refractivity contribution in [2.75, 3.05) is 32.8 Å². The summed E-state index contributed by atoms with van der Waals surface area (Å²) in [6.07, 6.45) is -0.127. The molecule has 1 unspecified atom stereocenters. The zero-order valence-corrected chi connectivity index (χ0v) is 15.5. The Morgan fingerprint density at radius 1 is 1.36 bits per heavy atom. The van der Waals surface area contributed by atoms with Crippen LogP contribution < -0.4 is 4.74 Å². The third-order valence-electron chi connectivity index (χ3n) is 3.92. The molecule has 0 saturated carbocycles. The SMILES string of the molecule is CC(C)CN1CCOC(COC(=O)C(C)(C)Oc2ccc(F)cc2)C1. The van der Waals surface area contributed by atoms with Crippen LogP contribution in [0.1, 0.15) is 27.7 Å². The van der Waals surface area contributed by atoms with Gasteiger partial charge < -0.3 is 14.2 Å². The number of rotatable bonds is 7. The largest absolute Gasteiger partial charge is 0.476 e. The van der Waals surface area contributed by atoms with E-state index in [1.807, 2.05) is 0 Å². The topological polar surface area (TPSA) is 48.0 Å². The molecule has 0 amide bonds. The second-order valence-electron chi connectivity index (χ2n) is 7.31. The van der Waals surface area contributed by atoms with E-state index in [4.69, 9.17) is 14.2 Å². The predicted octanol–water partition coefficient (Wildman–Crippen LogP) is 2.88. The summed E-state index contributed by atoms with van der Waals surface area (Å²) in [6, 6.07) is 5.54. The molecule has 0 aliphatic carbocycles. The van der Waals surface area contributed by atoms with Crippen molar-refractivity contribution in [2.24, 2.45) is 5.92 Å². The molecular formula is C19H28FNO4. The van der Waals surface area contributed by atoms with E-state index < -0.39 is 11.6 Å². The molecule has 6 heteroatoms. The third kappa shape index (κ3) is 6.29. The van der Waals surface area contributed by atoms with Gasteiger partial charge in [0, 0.05) is 19.6 Å². The molecule has 1 heterocycles. The lowest BCUT2D eigenvalue weighted by Crippen LogP contribution is -2.47. The van der Waals surface area contributed by atoms with E-state index >= 15 is 0 Å². The Kier molecular flexibility index (Phi) is 6.79. The van der Waals surface area contributed by atoms with Crippen LogP contribution in [0.5, 0.6) is 5.75 Å². The highest BCUT2D eigenvalue weighted by Gasteiger charge is 2.33. The molecule has 1 aliphatic rings. The normalized spacial score (nSPS) is 19.0. The Hall–Kier alpha value is -1.66. The van der Waals surface area contributed by atoms with Crippen LogP contribution in [-0.2, 0) is 14.3 Å². The Bertz CT molecular complexity index is 559. The highest BCUT2D eigenvalue weighted by molar-refractivity contribution is 5.79. The van der Waals surface area contributed by atoms with Crippen molar-refractivity contribution in [1.29, 1.82) is 0 Å². The molecule has 1 aromatic carbocycles. The summed E-state index contributed by atoms with van der Waals surface area (Å²) >= 11 is 0. The van der Waals surface area contributed by atoms with Crippen molar-refractivity contribution in [3.05, 3.63) is 30.1 Å². The molecule has 1 fully saturated rings. The Morgan fingerprint density at radius 2 is 2.04 bits per heavy atom. The van der Waals surface area contributed by atoms with Crippen molar-refractivity contribution in [3.63, 3.8) is 0 Å². The first-order valence-corrected chi connectivity index (χ1v) is 8.72. The van der Waals surface area contributed by atoms with Crippen LogP contribution in [0.2, 0.25) is 0 Å². The van der Waals surface area contributed by atoms with Crippen LogP contribution in [0.25, 0.3) is 0 Å². The first-order valence-electron chi connectivity index (χ1n) is 8.72. The third-order valence-corrected chi connectivity index (χ3v) is 3.92. The van der Waals surface area contributed by atoms with Gasteiger partial charge in [0.15, 0.2) is 5.60 Å². The smallest absolute Gasteiger partial charge is 0.349 e. The average Bonchev–Trinajstić information content (AvgIpc) is 2.54. The van der Waals surface area contributed by atoms with Gasteiger partial charge in [-0.3, -0.25) is 4.90 Å². The van der Waals surface area contributed by atoms with Gasteiger partial charge in [-0.2, -0.15) is 0 Å². The van der Waals surface area contributed by atoms with Gasteiger partial charge in [-0.1, -0.05) is 13.8 Å². The highest BCUT2D eigenvalue weighted by atomic mass is 19.1. The van der Waals surface area contributed by atoms with Gasteiger partial charge in [0.2, 0.25) is 0 Å². The average molecular weight is 353 g/mol. The van der Waals surface area contributed by atoms with Crippen LogP contribution in [0.3, 0.4) is 0 Å². The molecule has 0 bridgehead atoms. The van der Waals surface area contributed by atoms with Crippen molar-refractivity contribution in [2.45, 2.75) is 39.4 Å². The summed E-state index contributed by atoms with van der Waals surface area (Å²) in [5.74, 6) is 0.180. The maximum absolute atomic E-state index is 13.0. The number of ether oxygens (including phenoxy) is 3. The Balaban J connectivity index is 1.82. The maximum atomic E-state index is 13.0. The van der Waals surface area contributed by atoms with Crippen molar-refractivity contribution in [1.82, 2.24) is 4.90 Å². The molecule has 1 saturated heterocycles. The Morgan fingerprint density at radius 3 is 2.68 bits per heavy atom. The molecule has 0 radical (unpaired) electrons. The van der Waals surface area contributed by atoms with Crippen LogP contribution in [0, 0.1) is 11.7 Å². The van der Waals surface area contributed by atoms with Gasteiger partial charge in [-0.15, -0.1) is 0 Å². The fourth-order valence-electron chi connectivity index (χ4n) is 2.74. The molecule has 140 valence electrons. The lowest BCUT2D eigenvalue weighted by molar-refractivity contribution is -0.165. The van der Waals surface area contributed by atoms with E-state index in [9.17, 15) is 9.18 Å². The summed E-state index contributed by atoms with van der Waals surface area (Å²) in [5, 5.41) is 0. The summed E-state index contributed by atoms with van der Waals surface area (Å²) in [4.78, 5) is 14.7. The molecule has 0 N–H and O–H groups in total. The number of hydrogen-bond donors (Lipinski definition) is 0. The summed E-state index contributed by atoms with van der Waals surface area (Å²) in [7, 11) is 0. The second-order valence-corrected chi connectivity index (χ2v) is 7.31. The summed E-state index contributed by atoms with van der Waals surface area (Å²) in [5.41, 5.74) is -1.16. The van der Waals surface area contributed by atoms with Gasteiger partial charge in [-0.05, 0) is 44.0 Å². The zero-order valence-electron chi connectivity index (χ0n) is 15.5. The number of hydrogen-bond acceptors (Lipinski definition) is 5. The van der Waals surface area contributed by atoms with Crippen molar-refractivity contribution in [3.8, 4) is 5.75 Å². The number of carbonyl (C=O) groups is 1. The van der Waals surface area contributed by atoms with Gasteiger partial charge in [-0.25, -0.2) is 9.18 Å². The lowest BCUT2D eigenvalue weighted by atomic mass is 10.1. The van der Waals surface area contributed by atoms with E-state index in [1.165, 1.54) is 24.3 Å². The van der Waals surface area contributed by atoms with E-state index in [-0.39, 0.29) is 18.5 Å². The molecule has 1 aromatic rings. The van der Waals surface area contributed by atoms with Crippen molar-refractivity contribution >= 4 is 5.97 Å². The standard InChI is InChI=1S/C19H28FNO4/c1-14(2)11-21-9-10-23-17(12-21)13-24-18(22)19(3,4)25-16-7-5-15(20)6-8-16/h5-8,14,17H,9-13H2,1-4H3. The number of benzene rings is 1. The number of nitrogens with zero attached hydrogens (tertiary/aromatic N) is 1. The van der Waals surface area contributed by atoms with E-state index in [0.29, 0.717) is 18.3 Å². The van der Waals surface area contributed by atoms with Crippen molar-refractivity contribution < 1.29 is 23.4 Å². The molecule has 2 rings (SSSR count). The minimum atomic E-state index is -1.16. The molecule has 0 aromatic heterocycles. The van der Waals surface area contributed by atoms with Crippen LogP contribution in [0.4, 0.5) is 4.39 Å². The van der Waals surface area contributed by atoms with Gasteiger partial charge in [0.05, 0.1) is 6.61 Å². The first kappa shape index (κ1) is 19.7. The summed E-state index contributed by atoms with van der Waals surface area (Å²) < 4.78 is 29.7. The highest BCUT2D eigenvalue weighted by Crippen LogP contribution is 2.20. The molecule has 1 aliphatic heterocycles. The number of halogens is 1. The summed E-state index contributed by atoms with van der Waals surface area (Å²) in [6.45, 7) is 11.1. The molecule has 0 spiro atoms. The quantitative estimate of drug-likeness (QED) is 0.706. The predicted molar refractivity (Wildman–Crippen MR) is 93.1 cm³/mol. The van der Waals surface area contributed by atoms with Crippen LogP contribution in [0.15, 0.2) is 24.3 Å². The molecule has 25 heavy (non-hydrogen) atoms. The van der Waals surface area contributed by atoms with Crippen LogP contribution >= 0.6 is 0 Å². The minimum absolute atomic E-state index is 0.127. The van der Waals surface area contributed by atoms with E-state index in [0.717, 1.165) is 19.6 Å². The van der Waals surface area contributed by atoms with Gasteiger partial charge >= 0.3 is 5.97 Å². The number of carbonyl (C=O) groups excluding carboxylic acids is 1. The minimum Gasteiger partial charge on any atom is -0.476 e. The maximum Gasteiger partial charge on any atom is 0.349 e. The fraction of sp³-hybridized carbons (Fsp3) is 0.632. The fourth-order valence-corrected chi connectivity index (χ4v) is 2.74. The lowest BCUT2D eigenvalue weighted by Gasteiger charge is -2.34. The molecule has 5 nitrogen and oxygen atoms in total. The van der Waals surface area contributed by atoms with Gasteiger partial charge in [0.25, 0.3) is 0 Å². The monoisotopic (exact) mass is 353 g/mol. The zero-order chi connectivity index (χ0) is 18.4. The molecule has 1 atom stereocenters. The van der Waals surface area contributed by atoms with Crippen LogP contribution in [-0.4, -0.2) is 55.4 Å². The van der Waals surface area contributed by atoms with E-state index in [1.54, 1.807) is 13.8 Å². The molecular weight excluding hydrogens is 325 g/mol.